The van der Waals surface area contributed by atoms with Crippen LogP contribution in [0, 0.1) is 5.92 Å². The number of hydrogen-bond donors (Lipinski definition) is 3. The number of aliphatic imine (C=N–C) groups is 1. The minimum atomic E-state index is -0.632. The van der Waals surface area contributed by atoms with Gasteiger partial charge < -0.3 is 10.0 Å². The fraction of sp³-hybridized carbons (Fsp3) is 0.350. The number of allylic oxidation sites excluding steroid dienone is 4. The van der Waals surface area contributed by atoms with Crippen LogP contribution in [-0.2, 0) is 0 Å². The van der Waals surface area contributed by atoms with Crippen LogP contribution in [0.15, 0.2) is 64.8 Å². The highest BCUT2D eigenvalue weighted by Gasteiger charge is 2.27. The molecule has 2 atom stereocenters. The molecule has 2 heterocycles. The molecule has 136 valence electrons. The first-order valence-electron chi connectivity index (χ1n) is 9.02. The van der Waals surface area contributed by atoms with Crippen LogP contribution in [0.5, 0.6) is 0 Å². The second-order valence-corrected chi connectivity index (χ2v) is 6.82. The summed E-state index contributed by atoms with van der Waals surface area (Å²) in [5, 5.41) is 19.6. The first-order chi connectivity index (χ1) is 12.8. The average molecular weight is 352 g/mol. The molecule has 1 aromatic rings. The normalized spacial score (nSPS) is 23.9. The number of nitrogens with zero attached hydrogens (tertiary/aromatic N) is 3. The Morgan fingerprint density at radius 3 is 2.58 bits per heavy atom. The molecule has 4 rings (SSSR count). The topological polar surface area (TPSA) is 71.3 Å². The number of hydrogen-bond acceptors (Lipinski definition) is 6. The number of rotatable bonds is 4. The van der Waals surface area contributed by atoms with E-state index in [0.717, 1.165) is 38.3 Å². The van der Waals surface area contributed by atoms with Gasteiger partial charge in [0.2, 0.25) is 0 Å². The van der Waals surface area contributed by atoms with E-state index in [0.29, 0.717) is 11.6 Å². The Hall–Kier alpha value is -2.41. The molecule has 6 nitrogen and oxygen atoms in total. The van der Waals surface area contributed by atoms with Crippen molar-refractivity contribution in [3.8, 4) is 0 Å². The zero-order valence-corrected chi connectivity index (χ0v) is 14.6. The maximum absolute atomic E-state index is 10.7. The Balaban J connectivity index is 1.42. The molecule has 1 saturated heterocycles. The molecular weight excluding hydrogens is 328 g/mol. The third-order valence-electron chi connectivity index (χ3n) is 5.28. The number of aliphatic hydroxyl groups is 1. The summed E-state index contributed by atoms with van der Waals surface area (Å²) in [7, 11) is 0. The first-order valence-corrected chi connectivity index (χ1v) is 9.02. The monoisotopic (exact) mass is 352 g/mol. The molecule has 1 aliphatic carbocycles. The van der Waals surface area contributed by atoms with Gasteiger partial charge in [0.1, 0.15) is 6.23 Å². The number of piperazine rings is 1. The molecule has 1 fully saturated rings. The van der Waals surface area contributed by atoms with E-state index in [1.807, 2.05) is 18.3 Å². The Bertz CT molecular complexity index is 759. The van der Waals surface area contributed by atoms with E-state index in [1.165, 1.54) is 11.3 Å². The molecule has 0 amide bonds. The molecular formula is C20H24N4O2. The zero-order valence-electron chi connectivity index (χ0n) is 14.6. The van der Waals surface area contributed by atoms with Crippen LogP contribution < -0.4 is 5.48 Å². The fourth-order valence-electron chi connectivity index (χ4n) is 3.76. The Morgan fingerprint density at radius 1 is 1.08 bits per heavy atom. The molecule has 6 heteroatoms. The lowest BCUT2D eigenvalue weighted by Crippen LogP contribution is -2.48. The predicted molar refractivity (Wildman–Crippen MR) is 102 cm³/mol. The Kier molecular flexibility index (Phi) is 4.88. The summed E-state index contributed by atoms with van der Waals surface area (Å²) in [5.41, 5.74) is 6.12. The number of anilines is 1. The van der Waals surface area contributed by atoms with Gasteiger partial charge in [-0.05, 0) is 23.3 Å². The van der Waals surface area contributed by atoms with Crippen molar-refractivity contribution >= 4 is 11.9 Å². The fourth-order valence-corrected chi connectivity index (χ4v) is 3.76. The minimum Gasteiger partial charge on any atom is -0.374 e. The van der Waals surface area contributed by atoms with Crippen molar-refractivity contribution in [3.05, 3.63) is 65.4 Å². The van der Waals surface area contributed by atoms with Crippen LogP contribution in [-0.4, -0.2) is 59.1 Å². The second kappa shape index (κ2) is 7.45. The number of benzene rings is 1. The van der Waals surface area contributed by atoms with E-state index in [-0.39, 0.29) is 0 Å². The van der Waals surface area contributed by atoms with Gasteiger partial charge in [-0.15, -0.1) is 0 Å². The standard InChI is InChI=1S/C20H24N4O2/c25-20(15-5-7-17(22-26)8-6-15)24-11-9-23(10-12-24)19-14-21-13-16-3-1-2-4-18(16)19/h1-8,14,16,20,22,25-26H,9-13H2. The summed E-state index contributed by atoms with van der Waals surface area (Å²) >= 11 is 0. The average Bonchev–Trinajstić information content (AvgIpc) is 2.73. The quantitative estimate of drug-likeness (QED) is 0.725. The molecule has 1 aromatic carbocycles. The number of aliphatic hydroxyl groups excluding tert-OH is 1. The van der Waals surface area contributed by atoms with Crippen LogP contribution in [0.1, 0.15) is 11.8 Å². The number of dihydropyridines is 1. The first kappa shape index (κ1) is 17.0. The predicted octanol–water partition coefficient (Wildman–Crippen LogP) is 2.18. The maximum Gasteiger partial charge on any atom is 0.133 e. The molecule has 0 bridgehead atoms. The molecule has 26 heavy (non-hydrogen) atoms. The zero-order chi connectivity index (χ0) is 17.9. The lowest BCUT2D eigenvalue weighted by atomic mass is 9.90. The maximum atomic E-state index is 10.7. The lowest BCUT2D eigenvalue weighted by molar-refractivity contribution is -0.0213. The summed E-state index contributed by atoms with van der Waals surface area (Å²) in [6.07, 6.45) is 9.98. The van der Waals surface area contributed by atoms with E-state index < -0.39 is 6.23 Å². The van der Waals surface area contributed by atoms with E-state index in [4.69, 9.17) is 5.21 Å². The van der Waals surface area contributed by atoms with E-state index in [9.17, 15) is 5.11 Å². The second-order valence-electron chi connectivity index (χ2n) is 6.82. The summed E-state index contributed by atoms with van der Waals surface area (Å²) in [6, 6.07) is 7.17. The van der Waals surface area contributed by atoms with Gasteiger partial charge in [0.05, 0.1) is 11.4 Å². The third kappa shape index (κ3) is 3.31. The van der Waals surface area contributed by atoms with Gasteiger partial charge in [0.25, 0.3) is 0 Å². The largest absolute Gasteiger partial charge is 0.374 e. The van der Waals surface area contributed by atoms with Crippen molar-refractivity contribution in [3.63, 3.8) is 0 Å². The smallest absolute Gasteiger partial charge is 0.133 e. The highest BCUT2D eigenvalue weighted by molar-refractivity contribution is 5.81. The van der Waals surface area contributed by atoms with Crippen LogP contribution in [0.4, 0.5) is 5.69 Å². The third-order valence-corrected chi connectivity index (χ3v) is 5.28. The minimum absolute atomic E-state index is 0.391. The molecule has 0 saturated carbocycles. The van der Waals surface area contributed by atoms with Crippen LogP contribution in [0.25, 0.3) is 0 Å². The van der Waals surface area contributed by atoms with E-state index in [2.05, 4.69) is 44.6 Å². The molecule has 3 N–H and O–H groups in total. The van der Waals surface area contributed by atoms with Crippen molar-refractivity contribution < 1.29 is 10.3 Å². The van der Waals surface area contributed by atoms with Gasteiger partial charge in [-0.1, -0.05) is 36.4 Å². The lowest BCUT2D eigenvalue weighted by Gasteiger charge is -2.40. The molecule has 2 unspecified atom stereocenters. The summed E-state index contributed by atoms with van der Waals surface area (Å²) < 4.78 is 0. The van der Waals surface area contributed by atoms with Gasteiger partial charge in [-0.25, -0.2) is 0 Å². The van der Waals surface area contributed by atoms with Crippen molar-refractivity contribution in [1.29, 1.82) is 0 Å². The van der Waals surface area contributed by atoms with Crippen LogP contribution in [0.3, 0.4) is 0 Å². The van der Waals surface area contributed by atoms with Crippen LogP contribution in [0.2, 0.25) is 0 Å². The highest BCUT2D eigenvalue weighted by Crippen LogP contribution is 2.28. The van der Waals surface area contributed by atoms with Gasteiger partial charge in [-0.2, -0.15) is 0 Å². The van der Waals surface area contributed by atoms with Crippen molar-refractivity contribution in [2.45, 2.75) is 6.23 Å². The number of nitrogens with one attached hydrogen (secondary N) is 1. The van der Waals surface area contributed by atoms with Crippen LogP contribution >= 0.6 is 0 Å². The molecule has 0 aromatic heterocycles. The summed E-state index contributed by atoms with van der Waals surface area (Å²) in [6.45, 7) is 4.13. The van der Waals surface area contributed by atoms with E-state index in [1.54, 1.807) is 12.1 Å². The van der Waals surface area contributed by atoms with E-state index >= 15 is 0 Å². The summed E-state index contributed by atoms with van der Waals surface area (Å²) in [5.74, 6) is 0.391. The molecule has 0 spiro atoms. The highest BCUT2D eigenvalue weighted by atomic mass is 16.5. The number of fused-ring (bicyclic) bond motifs is 1. The van der Waals surface area contributed by atoms with Crippen molar-refractivity contribution in [2.24, 2.45) is 10.9 Å². The van der Waals surface area contributed by atoms with Crippen molar-refractivity contribution in [1.82, 2.24) is 9.80 Å². The Labute approximate surface area is 153 Å². The Morgan fingerprint density at radius 2 is 1.85 bits per heavy atom. The van der Waals surface area contributed by atoms with Gasteiger partial charge in [-0.3, -0.25) is 20.6 Å². The van der Waals surface area contributed by atoms with Gasteiger partial charge in [0.15, 0.2) is 0 Å². The van der Waals surface area contributed by atoms with Gasteiger partial charge in [0, 0.05) is 44.9 Å². The molecule has 0 radical (unpaired) electrons. The van der Waals surface area contributed by atoms with Gasteiger partial charge >= 0.3 is 0 Å². The SMILES string of the molecule is ONc1ccc(C(O)N2CCN(C3=C4C=CC=CC4CN=C3)CC2)cc1. The molecule has 2 aliphatic heterocycles. The summed E-state index contributed by atoms with van der Waals surface area (Å²) in [4.78, 5) is 8.99. The van der Waals surface area contributed by atoms with Crippen molar-refractivity contribution in [2.75, 3.05) is 38.2 Å². The molecule has 3 aliphatic rings.